The number of aliphatic hydroxyl groups excluding tert-OH is 13. The zero-order chi connectivity index (χ0) is 60.1. The van der Waals surface area contributed by atoms with E-state index in [1.54, 1.807) is 6.92 Å². The Morgan fingerprint density at radius 1 is 0.573 bits per heavy atom. The highest BCUT2D eigenvalue weighted by Gasteiger charge is 2.71. The molecule has 0 aromatic carbocycles. The van der Waals surface area contributed by atoms with Gasteiger partial charge in [0.05, 0.1) is 36.8 Å². The predicted molar refractivity (Wildman–Crippen MR) is 274 cm³/mol. The van der Waals surface area contributed by atoms with Crippen molar-refractivity contribution >= 4 is 17.9 Å². The molecule has 4 heterocycles. The summed E-state index contributed by atoms with van der Waals surface area (Å²) in [6.45, 7) is 10.9. The first kappa shape index (κ1) is 63.8. The van der Waals surface area contributed by atoms with E-state index >= 15 is 4.79 Å². The van der Waals surface area contributed by atoms with Crippen LogP contribution in [-0.4, -0.2) is 245 Å². The first-order chi connectivity index (χ1) is 38.3. The highest BCUT2D eigenvalue weighted by atomic mass is 16.8. The molecule has 4 saturated heterocycles. The average Bonchev–Trinajstić information content (AvgIpc) is 1.14. The van der Waals surface area contributed by atoms with Gasteiger partial charge in [0.2, 0.25) is 6.29 Å². The molecule has 0 aromatic rings. The van der Waals surface area contributed by atoms with Gasteiger partial charge in [-0.3, -0.25) is 14.4 Å². The van der Waals surface area contributed by atoms with Crippen LogP contribution in [0.1, 0.15) is 113 Å². The molecular formula is C56H88O26. The van der Waals surface area contributed by atoms with Gasteiger partial charge in [-0.25, -0.2) is 0 Å². The number of carbonyl (C=O) groups excluding carboxylic acids is 2. The molecular weight excluding hydrogens is 1090 g/mol. The Balaban J connectivity index is 0.966. The van der Waals surface area contributed by atoms with Crippen LogP contribution in [0.5, 0.6) is 0 Å². The zero-order valence-electron chi connectivity index (χ0n) is 47.5. The van der Waals surface area contributed by atoms with E-state index in [0.29, 0.717) is 64.2 Å². The van der Waals surface area contributed by atoms with E-state index < -0.39 is 195 Å². The number of carboxylic acids is 1. The number of aliphatic hydroxyl groups is 13. The number of esters is 2. The number of rotatable bonds is 14. The lowest BCUT2D eigenvalue weighted by molar-refractivity contribution is -0.364. The molecule has 0 bridgehead atoms. The minimum Gasteiger partial charge on any atom is -0.481 e. The van der Waals surface area contributed by atoms with Gasteiger partial charge in [0.15, 0.2) is 18.9 Å². The largest absolute Gasteiger partial charge is 0.481 e. The molecule has 0 spiro atoms. The number of hydrogen-bond acceptors (Lipinski definition) is 25. The fourth-order valence-corrected chi connectivity index (χ4v) is 16.4. The Kier molecular flexibility index (Phi) is 18.3. The normalized spacial score (nSPS) is 51.9. The fourth-order valence-electron chi connectivity index (χ4n) is 16.4. The Morgan fingerprint density at radius 2 is 1.10 bits per heavy atom. The number of carboxylic acid groups (broad SMARTS) is 1. The number of fused-ring (bicyclic) bond motifs is 7. The highest BCUT2D eigenvalue weighted by Crippen LogP contribution is 2.76. The highest BCUT2D eigenvalue weighted by molar-refractivity contribution is 5.79. The molecule has 0 radical (unpaired) electrons. The summed E-state index contributed by atoms with van der Waals surface area (Å²) in [6, 6.07) is 0. The van der Waals surface area contributed by atoms with Gasteiger partial charge in [-0.1, -0.05) is 46.3 Å². The van der Waals surface area contributed by atoms with Crippen molar-refractivity contribution in [2.24, 2.45) is 50.2 Å². The van der Waals surface area contributed by atoms with E-state index in [1.165, 1.54) is 0 Å². The number of ether oxygens (including phenoxy) is 9. The zero-order valence-corrected chi connectivity index (χ0v) is 47.5. The summed E-state index contributed by atoms with van der Waals surface area (Å²) in [4.78, 5) is 39.9. The molecule has 5 aliphatic carbocycles. The first-order valence-electron chi connectivity index (χ1n) is 28.9. The van der Waals surface area contributed by atoms with Crippen molar-refractivity contribution in [2.45, 2.75) is 242 Å². The van der Waals surface area contributed by atoms with Gasteiger partial charge in [0.25, 0.3) is 0 Å². The van der Waals surface area contributed by atoms with E-state index in [0.717, 1.165) is 12.5 Å². The number of aliphatic carboxylic acids is 1. The summed E-state index contributed by atoms with van der Waals surface area (Å²) in [5.74, 6) is -3.03. The van der Waals surface area contributed by atoms with Gasteiger partial charge in [0.1, 0.15) is 104 Å². The lowest BCUT2D eigenvalue weighted by Gasteiger charge is -2.71. The summed E-state index contributed by atoms with van der Waals surface area (Å²) >= 11 is 0. The Morgan fingerprint density at radius 3 is 1.67 bits per heavy atom. The number of allylic oxidation sites excluding steroid dienone is 2. The Hall–Kier alpha value is -2.65. The van der Waals surface area contributed by atoms with E-state index in [2.05, 4.69) is 40.7 Å². The van der Waals surface area contributed by atoms with Crippen molar-refractivity contribution in [1.29, 1.82) is 0 Å². The van der Waals surface area contributed by atoms with Crippen LogP contribution in [0, 0.1) is 50.2 Å². The molecule has 9 rings (SSSR count). The van der Waals surface area contributed by atoms with Crippen molar-refractivity contribution in [3.05, 3.63) is 11.6 Å². The maximum absolute atomic E-state index is 15.5. The average molecular weight is 1180 g/mol. The third-order valence-electron chi connectivity index (χ3n) is 21.8. The molecule has 14 N–H and O–H groups in total. The molecule has 9 aliphatic rings. The van der Waals surface area contributed by atoms with Crippen molar-refractivity contribution in [2.75, 3.05) is 26.4 Å². The van der Waals surface area contributed by atoms with E-state index in [-0.39, 0.29) is 28.6 Å². The molecule has 468 valence electrons. The summed E-state index contributed by atoms with van der Waals surface area (Å²) in [5.41, 5.74) is -2.82. The van der Waals surface area contributed by atoms with Crippen LogP contribution in [0.15, 0.2) is 11.6 Å². The van der Waals surface area contributed by atoms with Crippen LogP contribution in [0.3, 0.4) is 0 Å². The van der Waals surface area contributed by atoms with Crippen LogP contribution in [0.25, 0.3) is 0 Å². The van der Waals surface area contributed by atoms with Crippen LogP contribution >= 0.6 is 0 Å². The van der Waals surface area contributed by atoms with Gasteiger partial charge in [-0.2, -0.15) is 0 Å². The predicted octanol–water partition coefficient (Wildman–Crippen LogP) is -2.40. The Bertz CT molecular complexity index is 2340. The fraction of sp³-hybridized carbons (Fsp3) is 0.911. The third-order valence-corrected chi connectivity index (χ3v) is 21.8. The van der Waals surface area contributed by atoms with E-state index in [4.69, 9.17) is 42.6 Å². The molecule has 4 saturated carbocycles. The molecule has 29 atom stereocenters. The summed E-state index contributed by atoms with van der Waals surface area (Å²) in [6.07, 6.45) is -29.9. The summed E-state index contributed by atoms with van der Waals surface area (Å²) in [5, 5.41) is 153. The molecule has 82 heavy (non-hydrogen) atoms. The monoisotopic (exact) mass is 1180 g/mol. The lowest BCUT2D eigenvalue weighted by atomic mass is 9.33. The molecule has 4 aliphatic heterocycles. The van der Waals surface area contributed by atoms with Gasteiger partial charge in [-0.15, -0.1) is 0 Å². The second-order valence-corrected chi connectivity index (χ2v) is 26.7. The number of carbonyl (C=O) groups is 3. The molecule has 8 fully saturated rings. The van der Waals surface area contributed by atoms with E-state index in [1.807, 2.05) is 0 Å². The van der Waals surface area contributed by atoms with E-state index in [9.17, 15) is 81.1 Å². The van der Waals surface area contributed by atoms with Gasteiger partial charge in [-0.05, 0) is 111 Å². The van der Waals surface area contributed by atoms with Crippen molar-refractivity contribution in [3.63, 3.8) is 0 Å². The summed E-state index contributed by atoms with van der Waals surface area (Å²) in [7, 11) is 0. The second-order valence-electron chi connectivity index (χ2n) is 26.7. The van der Waals surface area contributed by atoms with Crippen molar-refractivity contribution < 1.29 is 129 Å². The van der Waals surface area contributed by atoms with Gasteiger partial charge >= 0.3 is 17.9 Å². The SMILES string of the molecule is CC(=O)OC[C@@H]1O[C@H](OC[C@@H]2O[C@H](OC[C@@H]3O[C@H](OC(=O)[C@]45CCC(C)(C)C[C@H]4C4=CC[C@H]6[C@]7(C)CC[C@H](O)[C@@](C)(C(=O)O)[C@H]7CC[C@]6(C)[C@@]4(C)CC5)[C@@H](O)[C@H](O[C@H]4O[C@@H](CO)[C@H](O)[C@@H](O)[C@@H]4O)[C@H]3O)[C@@H](O)[C@H](O)[C@H]2O)[C@@H](O)[C@H](O)[C@H]1O. The minimum atomic E-state index is -2.07. The van der Waals surface area contributed by atoms with Crippen LogP contribution < -0.4 is 0 Å². The minimum absolute atomic E-state index is 0.0597. The van der Waals surface area contributed by atoms with Gasteiger partial charge in [0, 0.05) is 6.92 Å². The third kappa shape index (κ3) is 10.7. The topological polar surface area (TPSA) is 418 Å². The van der Waals surface area contributed by atoms with Crippen LogP contribution in [-0.2, 0) is 57.0 Å². The quantitative estimate of drug-likeness (QED) is 0.0637. The lowest BCUT2D eigenvalue weighted by Crippen LogP contribution is -2.67. The molecule has 0 unspecified atom stereocenters. The Labute approximate surface area is 475 Å². The van der Waals surface area contributed by atoms with Crippen molar-refractivity contribution in [3.8, 4) is 0 Å². The smallest absolute Gasteiger partial charge is 0.315 e. The van der Waals surface area contributed by atoms with Crippen molar-refractivity contribution in [1.82, 2.24) is 0 Å². The van der Waals surface area contributed by atoms with Crippen LogP contribution in [0.2, 0.25) is 0 Å². The second kappa shape index (κ2) is 23.5. The molecule has 0 amide bonds. The maximum atomic E-state index is 15.5. The standard InChI is InChI=1S/C56H88O26/c1-23(58)74-20-27-34(61)38(65)40(67)45(78-27)75-21-28-35(62)39(66)41(68)46(79-28)76-22-29-36(63)44(81-47-42(69)37(64)33(60)26(19-57)77-47)43(70)48(80-29)82-50(73)56-16-14-51(2,3)18-25(56)24-8-9-30-52(4)12-11-32(59)55(7,49(71)72)31(52)10-13-54(30,6)53(24,5)15-17-56/h8,25-48,57,59-70H,9-22H2,1-7H3,(H,71,72)/t25-,26-,27-,28-,29-,30-,31-,32-,33-,34-,35-,36-,37+,38+,39+,40-,41-,42-,43-,44+,45-,46-,47+,48+,52-,53-,54-,55-,56-/m0/s1. The van der Waals surface area contributed by atoms with Gasteiger partial charge < -0.3 is 114 Å². The molecule has 26 nitrogen and oxygen atoms in total. The maximum Gasteiger partial charge on any atom is 0.315 e. The van der Waals surface area contributed by atoms with Crippen LogP contribution in [0.4, 0.5) is 0 Å². The summed E-state index contributed by atoms with van der Waals surface area (Å²) < 4.78 is 51.8. The molecule has 0 aromatic heterocycles. The first-order valence-corrected chi connectivity index (χ1v) is 28.9. The number of hydrogen-bond donors (Lipinski definition) is 14. The molecule has 26 heteroatoms.